The summed E-state index contributed by atoms with van der Waals surface area (Å²) in [6, 6.07) is 0.174. The Morgan fingerprint density at radius 3 is 2.45 bits per heavy atom. The maximum Gasteiger partial charge on any atom is 0.312 e. The van der Waals surface area contributed by atoms with Crippen molar-refractivity contribution in [2.24, 2.45) is 10.8 Å². The summed E-state index contributed by atoms with van der Waals surface area (Å²) in [5, 5.41) is 2.59. The standard InChI is InChI=1S/C16H28N2O4/c1-15(2)6-11-7-16(3,9-15)10-18(11)14(20)13(19)17-8-12(21-4)22-5/h11-12H,6-10H2,1-5H3,(H,17,19). The maximum atomic E-state index is 12.5. The minimum absolute atomic E-state index is 0.129. The lowest BCUT2D eigenvalue weighted by molar-refractivity contribution is -0.148. The number of nitrogens with zero attached hydrogens (tertiary/aromatic N) is 1. The van der Waals surface area contributed by atoms with Crippen LogP contribution in [0.25, 0.3) is 0 Å². The molecule has 0 aromatic carbocycles. The Hall–Kier alpha value is -1.14. The van der Waals surface area contributed by atoms with Crippen LogP contribution < -0.4 is 5.32 Å². The van der Waals surface area contributed by atoms with Gasteiger partial charge in [0.05, 0.1) is 6.54 Å². The molecule has 1 saturated carbocycles. The lowest BCUT2D eigenvalue weighted by Gasteiger charge is -2.39. The van der Waals surface area contributed by atoms with E-state index in [0.29, 0.717) is 6.54 Å². The van der Waals surface area contributed by atoms with E-state index in [-0.39, 0.29) is 23.4 Å². The molecule has 0 spiro atoms. The Morgan fingerprint density at radius 1 is 1.23 bits per heavy atom. The fraction of sp³-hybridized carbons (Fsp3) is 0.875. The number of carbonyl (C=O) groups excluding carboxylic acids is 2. The van der Waals surface area contributed by atoms with Crippen LogP contribution >= 0.6 is 0 Å². The van der Waals surface area contributed by atoms with E-state index >= 15 is 0 Å². The number of nitrogens with one attached hydrogen (secondary N) is 1. The summed E-state index contributed by atoms with van der Waals surface area (Å²) < 4.78 is 10.0. The van der Waals surface area contributed by atoms with E-state index in [4.69, 9.17) is 9.47 Å². The van der Waals surface area contributed by atoms with Crippen molar-refractivity contribution in [3.63, 3.8) is 0 Å². The molecular weight excluding hydrogens is 284 g/mol. The van der Waals surface area contributed by atoms with Crippen molar-refractivity contribution in [3.05, 3.63) is 0 Å². The summed E-state index contributed by atoms with van der Waals surface area (Å²) in [6.07, 6.45) is 2.51. The van der Waals surface area contributed by atoms with Crippen molar-refractivity contribution in [1.29, 1.82) is 0 Å². The average Bonchev–Trinajstić information content (AvgIpc) is 2.68. The second-order valence-electron chi connectivity index (χ2n) is 7.76. The van der Waals surface area contributed by atoms with E-state index in [2.05, 4.69) is 26.1 Å². The van der Waals surface area contributed by atoms with E-state index in [1.165, 1.54) is 14.2 Å². The molecule has 1 saturated heterocycles. The molecule has 1 aliphatic carbocycles. The molecule has 6 nitrogen and oxygen atoms in total. The number of fused-ring (bicyclic) bond motifs is 2. The number of likely N-dealkylation sites (tertiary alicyclic amines) is 1. The van der Waals surface area contributed by atoms with Gasteiger partial charge in [-0.2, -0.15) is 0 Å². The highest BCUT2D eigenvalue weighted by molar-refractivity contribution is 6.35. The van der Waals surface area contributed by atoms with Crippen LogP contribution in [-0.2, 0) is 19.1 Å². The maximum absolute atomic E-state index is 12.5. The van der Waals surface area contributed by atoms with Gasteiger partial charge in [0, 0.05) is 26.8 Å². The topological polar surface area (TPSA) is 67.9 Å². The minimum atomic E-state index is -0.576. The summed E-state index contributed by atoms with van der Waals surface area (Å²) in [4.78, 5) is 26.3. The zero-order chi connectivity index (χ0) is 16.5. The monoisotopic (exact) mass is 312 g/mol. The van der Waals surface area contributed by atoms with Crippen LogP contribution in [0.3, 0.4) is 0 Å². The van der Waals surface area contributed by atoms with Crippen LogP contribution in [0.15, 0.2) is 0 Å². The molecule has 1 heterocycles. The average molecular weight is 312 g/mol. The third-order valence-corrected chi connectivity index (χ3v) is 4.82. The Labute approximate surface area is 132 Å². The van der Waals surface area contributed by atoms with E-state index in [9.17, 15) is 9.59 Å². The van der Waals surface area contributed by atoms with E-state index in [0.717, 1.165) is 19.3 Å². The molecule has 2 bridgehead atoms. The molecule has 126 valence electrons. The highest BCUT2D eigenvalue weighted by atomic mass is 16.7. The fourth-order valence-electron chi connectivity index (χ4n) is 4.34. The van der Waals surface area contributed by atoms with Crippen molar-refractivity contribution < 1.29 is 19.1 Å². The van der Waals surface area contributed by atoms with Gasteiger partial charge in [-0.3, -0.25) is 9.59 Å². The Kier molecular flexibility index (Phi) is 4.82. The molecule has 2 fully saturated rings. The molecule has 22 heavy (non-hydrogen) atoms. The van der Waals surface area contributed by atoms with Crippen molar-refractivity contribution in [2.75, 3.05) is 27.3 Å². The number of amides is 2. The van der Waals surface area contributed by atoms with Crippen LogP contribution in [0.5, 0.6) is 0 Å². The van der Waals surface area contributed by atoms with Gasteiger partial charge in [-0.15, -0.1) is 0 Å². The quantitative estimate of drug-likeness (QED) is 0.624. The summed E-state index contributed by atoms with van der Waals surface area (Å²) in [6.45, 7) is 7.54. The van der Waals surface area contributed by atoms with Gasteiger partial charge in [0.2, 0.25) is 0 Å². The van der Waals surface area contributed by atoms with Gasteiger partial charge in [-0.1, -0.05) is 20.8 Å². The Balaban J connectivity index is 1.97. The SMILES string of the molecule is COC(CNC(=O)C(=O)N1CC2(C)CC1CC(C)(C)C2)OC. The predicted octanol–water partition coefficient (Wildman–Crippen LogP) is 1.15. The van der Waals surface area contributed by atoms with Gasteiger partial charge in [0.15, 0.2) is 6.29 Å². The van der Waals surface area contributed by atoms with E-state index in [1.54, 1.807) is 4.90 Å². The highest BCUT2D eigenvalue weighted by Gasteiger charge is 2.51. The largest absolute Gasteiger partial charge is 0.354 e. The molecular formula is C16H28N2O4. The second kappa shape index (κ2) is 6.16. The highest BCUT2D eigenvalue weighted by Crippen LogP contribution is 2.52. The fourth-order valence-corrected chi connectivity index (χ4v) is 4.34. The molecule has 2 rings (SSSR count). The molecule has 1 aliphatic heterocycles. The molecule has 0 aromatic rings. The lowest BCUT2D eigenvalue weighted by atomic mass is 9.65. The van der Waals surface area contributed by atoms with E-state index in [1.807, 2.05) is 0 Å². The number of methoxy groups -OCH3 is 2. The zero-order valence-electron chi connectivity index (χ0n) is 14.3. The van der Waals surface area contributed by atoms with Gasteiger partial charge in [0.25, 0.3) is 0 Å². The summed E-state index contributed by atoms with van der Waals surface area (Å²) >= 11 is 0. The summed E-state index contributed by atoms with van der Waals surface area (Å²) in [5.74, 6) is -1.01. The van der Waals surface area contributed by atoms with Crippen molar-refractivity contribution in [2.45, 2.75) is 52.4 Å². The summed E-state index contributed by atoms with van der Waals surface area (Å²) in [5.41, 5.74) is 0.352. The second-order valence-corrected chi connectivity index (χ2v) is 7.76. The van der Waals surface area contributed by atoms with Crippen LogP contribution in [0, 0.1) is 10.8 Å². The number of hydrogen-bond acceptors (Lipinski definition) is 4. The molecule has 2 atom stereocenters. The molecule has 2 unspecified atom stereocenters. The number of hydrogen-bond donors (Lipinski definition) is 1. The third kappa shape index (κ3) is 3.60. The smallest absolute Gasteiger partial charge is 0.312 e. The molecule has 1 N–H and O–H groups in total. The van der Waals surface area contributed by atoms with Crippen molar-refractivity contribution >= 4 is 11.8 Å². The summed E-state index contributed by atoms with van der Waals surface area (Å²) in [7, 11) is 2.99. The third-order valence-electron chi connectivity index (χ3n) is 4.82. The lowest BCUT2D eigenvalue weighted by Crippen LogP contribution is -2.47. The molecule has 0 radical (unpaired) electrons. The van der Waals surface area contributed by atoms with Crippen LogP contribution in [-0.4, -0.2) is 56.4 Å². The van der Waals surface area contributed by atoms with Crippen LogP contribution in [0.2, 0.25) is 0 Å². The van der Waals surface area contributed by atoms with Crippen LogP contribution in [0.4, 0.5) is 0 Å². The van der Waals surface area contributed by atoms with Gasteiger partial charge in [-0.25, -0.2) is 0 Å². The Bertz CT molecular complexity index is 447. The van der Waals surface area contributed by atoms with E-state index < -0.39 is 18.1 Å². The van der Waals surface area contributed by atoms with Crippen molar-refractivity contribution in [1.82, 2.24) is 10.2 Å². The van der Waals surface area contributed by atoms with Crippen LogP contribution in [0.1, 0.15) is 40.0 Å². The van der Waals surface area contributed by atoms with Gasteiger partial charge < -0.3 is 19.7 Å². The molecule has 0 aromatic heterocycles. The number of ether oxygens (including phenoxy) is 2. The first-order valence-corrected chi connectivity index (χ1v) is 7.84. The first kappa shape index (κ1) is 17.2. The normalized spacial score (nSPS) is 29.7. The Morgan fingerprint density at radius 2 is 1.86 bits per heavy atom. The predicted molar refractivity (Wildman–Crippen MR) is 82.1 cm³/mol. The first-order valence-electron chi connectivity index (χ1n) is 7.84. The van der Waals surface area contributed by atoms with Crippen molar-refractivity contribution in [3.8, 4) is 0 Å². The van der Waals surface area contributed by atoms with Gasteiger partial charge >= 0.3 is 11.8 Å². The molecule has 2 aliphatic rings. The molecule has 2 amide bonds. The minimum Gasteiger partial charge on any atom is -0.354 e. The number of rotatable bonds is 4. The zero-order valence-corrected chi connectivity index (χ0v) is 14.3. The van der Waals surface area contributed by atoms with Gasteiger partial charge in [-0.05, 0) is 30.1 Å². The first-order chi connectivity index (χ1) is 10.2. The number of carbonyl (C=O) groups is 2. The molecule has 6 heteroatoms. The van der Waals surface area contributed by atoms with Gasteiger partial charge in [0.1, 0.15) is 0 Å².